The molecule has 0 aromatic heterocycles. The van der Waals surface area contributed by atoms with Crippen molar-refractivity contribution in [1.82, 2.24) is 0 Å². The molecule has 0 radical (unpaired) electrons. The molecule has 1 atom stereocenters. The quantitative estimate of drug-likeness (QED) is 0.422. The second kappa shape index (κ2) is 5.90. The summed E-state index contributed by atoms with van der Waals surface area (Å²) >= 11 is 5.82. The van der Waals surface area contributed by atoms with Crippen LogP contribution in [0.25, 0.3) is 0 Å². The maximum absolute atomic E-state index is 5.82. The molecule has 0 aliphatic rings. The molecule has 0 bridgehead atoms. The molecule has 52 valence electrons. The highest BCUT2D eigenvalue weighted by molar-refractivity contribution is 6.21. The van der Waals surface area contributed by atoms with E-state index in [4.69, 9.17) is 11.6 Å². The van der Waals surface area contributed by atoms with Crippen molar-refractivity contribution in [3.63, 3.8) is 0 Å². The third-order valence-corrected chi connectivity index (χ3v) is 1.32. The monoisotopic (exact) mass is 144 g/mol. The van der Waals surface area contributed by atoms with E-state index in [0.717, 1.165) is 6.42 Å². The summed E-state index contributed by atoms with van der Waals surface area (Å²) in [6.45, 7) is 3.98. The topological polar surface area (TPSA) is 0 Å². The maximum Gasteiger partial charge on any atom is 0.0550 e. The Hall–Kier alpha value is -0.230. The lowest BCUT2D eigenvalue weighted by atomic mass is 10.2. The smallest absolute Gasteiger partial charge is 0.0550 e. The van der Waals surface area contributed by atoms with Gasteiger partial charge in [0, 0.05) is 0 Å². The molecule has 0 aliphatic carbocycles. The van der Waals surface area contributed by atoms with Gasteiger partial charge in [0.2, 0.25) is 0 Å². The van der Waals surface area contributed by atoms with E-state index in [1.54, 1.807) is 0 Å². The van der Waals surface area contributed by atoms with Gasteiger partial charge in [-0.15, -0.1) is 11.6 Å². The minimum absolute atomic E-state index is 0.172. The van der Waals surface area contributed by atoms with Crippen LogP contribution in [0.15, 0.2) is 24.3 Å². The highest BCUT2D eigenvalue weighted by atomic mass is 35.5. The maximum atomic E-state index is 5.82. The summed E-state index contributed by atoms with van der Waals surface area (Å²) in [5.74, 6) is 0. The molecule has 0 saturated heterocycles. The van der Waals surface area contributed by atoms with E-state index in [1.165, 1.54) is 0 Å². The van der Waals surface area contributed by atoms with Crippen molar-refractivity contribution in [2.45, 2.75) is 25.6 Å². The van der Waals surface area contributed by atoms with Crippen molar-refractivity contribution in [3.05, 3.63) is 24.3 Å². The summed E-state index contributed by atoms with van der Waals surface area (Å²) in [6.07, 6.45) is 8.97. The molecule has 1 unspecified atom stereocenters. The Balaban J connectivity index is 3.37. The van der Waals surface area contributed by atoms with Crippen molar-refractivity contribution in [3.8, 4) is 0 Å². The highest BCUT2D eigenvalue weighted by Gasteiger charge is 1.91. The third kappa shape index (κ3) is 5.64. The van der Waals surface area contributed by atoms with Crippen LogP contribution in [0.1, 0.15) is 20.3 Å². The second-order valence-corrected chi connectivity index (χ2v) is 2.41. The van der Waals surface area contributed by atoms with Crippen molar-refractivity contribution >= 4 is 11.6 Å². The minimum atomic E-state index is 0.172. The number of alkyl halides is 1. The van der Waals surface area contributed by atoms with Gasteiger partial charge in [0.25, 0.3) is 0 Å². The SMILES string of the molecule is CC=CCC(Cl)C=CC. The fourth-order valence-corrected chi connectivity index (χ4v) is 0.802. The molecule has 0 aromatic carbocycles. The van der Waals surface area contributed by atoms with E-state index in [0.29, 0.717) is 0 Å². The molecule has 0 saturated carbocycles. The average Bonchev–Trinajstić information content (AvgIpc) is 1.85. The Morgan fingerprint density at radius 2 is 2.00 bits per heavy atom. The molecular weight excluding hydrogens is 132 g/mol. The van der Waals surface area contributed by atoms with Gasteiger partial charge in [0.1, 0.15) is 0 Å². The summed E-state index contributed by atoms with van der Waals surface area (Å²) in [5.41, 5.74) is 0. The van der Waals surface area contributed by atoms with Gasteiger partial charge in [0.15, 0.2) is 0 Å². The van der Waals surface area contributed by atoms with E-state index in [-0.39, 0.29) is 5.38 Å². The average molecular weight is 145 g/mol. The summed E-state index contributed by atoms with van der Waals surface area (Å²) in [4.78, 5) is 0. The van der Waals surface area contributed by atoms with Crippen LogP contribution in [-0.4, -0.2) is 5.38 Å². The molecule has 1 heteroatoms. The van der Waals surface area contributed by atoms with Crippen LogP contribution in [0, 0.1) is 0 Å². The molecular formula is C8H13Cl. The van der Waals surface area contributed by atoms with Gasteiger partial charge < -0.3 is 0 Å². The lowest BCUT2D eigenvalue weighted by molar-refractivity contribution is 1.05. The zero-order valence-electron chi connectivity index (χ0n) is 5.97. The number of halogens is 1. The van der Waals surface area contributed by atoms with Crippen molar-refractivity contribution in [2.75, 3.05) is 0 Å². The summed E-state index contributed by atoms with van der Waals surface area (Å²) in [5, 5.41) is 0.172. The molecule has 0 aromatic rings. The Morgan fingerprint density at radius 3 is 2.44 bits per heavy atom. The molecule has 0 aliphatic heterocycles. The molecule has 0 heterocycles. The lowest BCUT2D eigenvalue weighted by Gasteiger charge is -1.95. The first-order valence-electron chi connectivity index (χ1n) is 3.19. The van der Waals surface area contributed by atoms with Gasteiger partial charge in [-0.25, -0.2) is 0 Å². The molecule has 0 rings (SSSR count). The Bertz CT molecular complexity index is 103. The van der Waals surface area contributed by atoms with E-state index in [1.807, 2.05) is 32.1 Å². The van der Waals surface area contributed by atoms with Gasteiger partial charge in [0.05, 0.1) is 5.38 Å². The summed E-state index contributed by atoms with van der Waals surface area (Å²) in [7, 11) is 0. The van der Waals surface area contributed by atoms with Crippen LogP contribution in [-0.2, 0) is 0 Å². The molecule has 0 amide bonds. The molecule has 9 heavy (non-hydrogen) atoms. The van der Waals surface area contributed by atoms with Crippen LogP contribution in [0.3, 0.4) is 0 Å². The van der Waals surface area contributed by atoms with Gasteiger partial charge in [-0.2, -0.15) is 0 Å². The minimum Gasteiger partial charge on any atom is -0.118 e. The Kier molecular flexibility index (Phi) is 5.75. The number of allylic oxidation sites excluding steroid dienone is 4. The van der Waals surface area contributed by atoms with Gasteiger partial charge in [-0.1, -0.05) is 24.3 Å². The highest BCUT2D eigenvalue weighted by Crippen LogP contribution is 2.03. The molecule has 0 nitrogen and oxygen atoms in total. The van der Waals surface area contributed by atoms with Gasteiger partial charge in [-0.3, -0.25) is 0 Å². The zero-order valence-corrected chi connectivity index (χ0v) is 6.73. The van der Waals surface area contributed by atoms with Crippen LogP contribution in [0.4, 0.5) is 0 Å². The Labute approximate surface area is 62.2 Å². The number of hydrogen-bond donors (Lipinski definition) is 0. The normalized spacial score (nSPS) is 15.4. The van der Waals surface area contributed by atoms with Crippen LogP contribution < -0.4 is 0 Å². The molecule has 0 spiro atoms. The first kappa shape index (κ1) is 8.77. The zero-order chi connectivity index (χ0) is 7.11. The van der Waals surface area contributed by atoms with E-state index < -0.39 is 0 Å². The van der Waals surface area contributed by atoms with E-state index in [9.17, 15) is 0 Å². The van der Waals surface area contributed by atoms with E-state index in [2.05, 4.69) is 6.08 Å². The standard InChI is InChI=1S/C8H13Cl/c1-3-5-7-8(9)6-4-2/h3-6,8H,7H2,1-2H3. The third-order valence-electron chi connectivity index (χ3n) is 0.998. The predicted octanol–water partition coefficient (Wildman–Crippen LogP) is 3.14. The lowest BCUT2D eigenvalue weighted by Crippen LogP contribution is -1.88. The van der Waals surface area contributed by atoms with Crippen LogP contribution in [0.2, 0.25) is 0 Å². The van der Waals surface area contributed by atoms with Crippen LogP contribution in [0.5, 0.6) is 0 Å². The van der Waals surface area contributed by atoms with E-state index >= 15 is 0 Å². The molecule has 0 fully saturated rings. The number of rotatable bonds is 3. The largest absolute Gasteiger partial charge is 0.118 e. The van der Waals surface area contributed by atoms with Crippen molar-refractivity contribution in [2.24, 2.45) is 0 Å². The van der Waals surface area contributed by atoms with Gasteiger partial charge in [-0.05, 0) is 20.3 Å². The first-order valence-corrected chi connectivity index (χ1v) is 3.63. The van der Waals surface area contributed by atoms with Gasteiger partial charge >= 0.3 is 0 Å². The van der Waals surface area contributed by atoms with Crippen LogP contribution >= 0.6 is 11.6 Å². The number of hydrogen-bond acceptors (Lipinski definition) is 0. The Morgan fingerprint density at radius 1 is 1.33 bits per heavy atom. The fraction of sp³-hybridized carbons (Fsp3) is 0.500. The summed E-state index contributed by atoms with van der Waals surface area (Å²) < 4.78 is 0. The summed E-state index contributed by atoms with van der Waals surface area (Å²) in [6, 6.07) is 0. The second-order valence-electron chi connectivity index (χ2n) is 1.85. The van der Waals surface area contributed by atoms with Crippen molar-refractivity contribution < 1.29 is 0 Å². The first-order chi connectivity index (χ1) is 4.31. The molecule has 0 N–H and O–H groups in total. The van der Waals surface area contributed by atoms with Crippen molar-refractivity contribution in [1.29, 1.82) is 0 Å². The fourth-order valence-electron chi connectivity index (χ4n) is 0.553. The predicted molar refractivity (Wildman–Crippen MR) is 43.9 cm³/mol.